The first-order chi connectivity index (χ1) is 14.5. The van der Waals surface area contributed by atoms with Gasteiger partial charge in [-0.15, -0.1) is 0 Å². The quantitative estimate of drug-likeness (QED) is 0.529. The fourth-order valence-electron chi connectivity index (χ4n) is 3.34. The Morgan fingerprint density at radius 3 is 2.40 bits per heavy atom. The van der Waals surface area contributed by atoms with Gasteiger partial charge in [-0.1, -0.05) is 42.5 Å². The summed E-state index contributed by atoms with van der Waals surface area (Å²) in [7, 11) is 0. The number of primary amides is 1. The number of anilines is 1. The van der Waals surface area contributed by atoms with Crippen molar-refractivity contribution in [3.05, 3.63) is 78.0 Å². The normalized spacial score (nSPS) is 11.0. The molecule has 0 aliphatic heterocycles. The lowest BCUT2D eigenvalue weighted by Gasteiger charge is -2.12. The average molecular weight is 399 g/mol. The monoisotopic (exact) mass is 399 g/mol. The zero-order chi connectivity index (χ0) is 21.3. The highest BCUT2D eigenvalue weighted by Gasteiger charge is 2.20. The molecular formula is C23H21N5O2. The van der Waals surface area contributed by atoms with Crippen molar-refractivity contribution in [2.24, 2.45) is 5.73 Å². The van der Waals surface area contributed by atoms with Gasteiger partial charge in [0.25, 0.3) is 11.8 Å². The molecule has 0 saturated heterocycles. The number of nitrogens with two attached hydrogens (primary N) is 1. The van der Waals surface area contributed by atoms with E-state index in [1.807, 2.05) is 44.2 Å². The van der Waals surface area contributed by atoms with E-state index in [0.717, 1.165) is 5.56 Å². The van der Waals surface area contributed by atoms with Crippen molar-refractivity contribution in [1.29, 1.82) is 0 Å². The van der Waals surface area contributed by atoms with Crippen LogP contribution in [-0.2, 0) is 0 Å². The molecule has 0 bridgehead atoms. The Bertz CT molecular complexity index is 1250. The standard InChI is InChI=1S/C23H21N5O2/c1-14(2)28-22-18(13-25-28)17(12-20(26-22)15-8-4-3-5-9-15)23(30)27-19-11-7-6-10-16(19)21(24)29/h3-14H,1-2H3,(H2,24,29)(H,27,30). The Balaban J connectivity index is 1.85. The number of hydrogen-bond donors (Lipinski definition) is 2. The first-order valence-electron chi connectivity index (χ1n) is 9.59. The molecule has 2 amide bonds. The minimum atomic E-state index is -0.608. The third-order valence-corrected chi connectivity index (χ3v) is 4.81. The molecule has 30 heavy (non-hydrogen) atoms. The number of hydrogen-bond acceptors (Lipinski definition) is 4. The second-order valence-electron chi connectivity index (χ2n) is 7.21. The van der Waals surface area contributed by atoms with E-state index in [1.54, 1.807) is 41.2 Å². The van der Waals surface area contributed by atoms with Crippen LogP contribution in [0.3, 0.4) is 0 Å². The van der Waals surface area contributed by atoms with E-state index < -0.39 is 5.91 Å². The molecule has 4 aromatic rings. The van der Waals surface area contributed by atoms with Crippen molar-refractivity contribution in [3.8, 4) is 11.3 Å². The van der Waals surface area contributed by atoms with E-state index in [0.29, 0.717) is 28.0 Å². The summed E-state index contributed by atoms with van der Waals surface area (Å²) in [6.45, 7) is 4.01. The maximum Gasteiger partial charge on any atom is 0.256 e. The van der Waals surface area contributed by atoms with Crippen LogP contribution in [0.25, 0.3) is 22.3 Å². The fourth-order valence-corrected chi connectivity index (χ4v) is 3.34. The third-order valence-electron chi connectivity index (χ3n) is 4.81. The molecular weight excluding hydrogens is 378 g/mol. The van der Waals surface area contributed by atoms with Gasteiger partial charge < -0.3 is 11.1 Å². The van der Waals surface area contributed by atoms with Crippen molar-refractivity contribution in [2.75, 3.05) is 5.32 Å². The summed E-state index contributed by atoms with van der Waals surface area (Å²) in [5, 5.41) is 7.87. The number of fused-ring (bicyclic) bond motifs is 1. The molecule has 0 saturated carbocycles. The predicted octanol–water partition coefficient (Wildman–Crippen LogP) is 4.03. The molecule has 2 heterocycles. The fraction of sp³-hybridized carbons (Fsp3) is 0.130. The zero-order valence-electron chi connectivity index (χ0n) is 16.7. The number of pyridine rings is 1. The number of para-hydroxylation sites is 1. The van der Waals surface area contributed by atoms with Crippen molar-refractivity contribution in [3.63, 3.8) is 0 Å². The van der Waals surface area contributed by atoms with Gasteiger partial charge in [0.1, 0.15) is 0 Å². The van der Waals surface area contributed by atoms with Gasteiger partial charge in [-0.25, -0.2) is 9.67 Å². The Kier molecular flexibility index (Phi) is 5.02. The third kappa shape index (κ3) is 3.53. The van der Waals surface area contributed by atoms with Gasteiger partial charge in [-0.2, -0.15) is 5.10 Å². The minimum Gasteiger partial charge on any atom is -0.366 e. The van der Waals surface area contributed by atoms with Crippen LogP contribution in [0.2, 0.25) is 0 Å². The summed E-state index contributed by atoms with van der Waals surface area (Å²) in [6, 6.07) is 18.1. The molecule has 4 rings (SSSR count). The molecule has 0 atom stereocenters. The van der Waals surface area contributed by atoms with Gasteiger partial charge in [-0.05, 0) is 32.0 Å². The SMILES string of the molecule is CC(C)n1ncc2c(C(=O)Nc3ccccc3C(N)=O)cc(-c3ccccc3)nc21. The summed E-state index contributed by atoms with van der Waals surface area (Å²) < 4.78 is 1.79. The summed E-state index contributed by atoms with van der Waals surface area (Å²) in [5.74, 6) is -0.972. The molecule has 0 aliphatic carbocycles. The van der Waals surface area contributed by atoms with Crippen LogP contribution < -0.4 is 11.1 Å². The van der Waals surface area contributed by atoms with Gasteiger partial charge in [0.2, 0.25) is 0 Å². The summed E-state index contributed by atoms with van der Waals surface area (Å²) >= 11 is 0. The topological polar surface area (TPSA) is 103 Å². The molecule has 2 aromatic carbocycles. The van der Waals surface area contributed by atoms with Crippen LogP contribution in [-0.4, -0.2) is 26.6 Å². The number of carbonyl (C=O) groups excluding carboxylic acids is 2. The van der Waals surface area contributed by atoms with Crippen LogP contribution in [0, 0.1) is 0 Å². The van der Waals surface area contributed by atoms with Crippen LogP contribution >= 0.6 is 0 Å². The van der Waals surface area contributed by atoms with Gasteiger partial charge in [0.05, 0.1) is 34.1 Å². The molecule has 150 valence electrons. The van der Waals surface area contributed by atoms with E-state index >= 15 is 0 Å². The number of carbonyl (C=O) groups is 2. The highest BCUT2D eigenvalue weighted by molar-refractivity contribution is 6.14. The lowest BCUT2D eigenvalue weighted by Crippen LogP contribution is -2.18. The van der Waals surface area contributed by atoms with Gasteiger partial charge >= 0.3 is 0 Å². The highest BCUT2D eigenvalue weighted by atomic mass is 16.2. The van der Waals surface area contributed by atoms with E-state index in [-0.39, 0.29) is 17.5 Å². The molecule has 0 aliphatic rings. The lowest BCUT2D eigenvalue weighted by atomic mass is 10.1. The van der Waals surface area contributed by atoms with Crippen molar-refractivity contribution in [1.82, 2.24) is 14.8 Å². The van der Waals surface area contributed by atoms with Crippen molar-refractivity contribution >= 4 is 28.5 Å². The molecule has 2 aromatic heterocycles. The number of benzene rings is 2. The average Bonchev–Trinajstić information content (AvgIpc) is 3.18. The van der Waals surface area contributed by atoms with E-state index in [9.17, 15) is 9.59 Å². The van der Waals surface area contributed by atoms with Crippen LogP contribution in [0.15, 0.2) is 66.9 Å². The van der Waals surface area contributed by atoms with Crippen LogP contribution in [0.1, 0.15) is 40.6 Å². The molecule has 0 radical (unpaired) electrons. The van der Waals surface area contributed by atoms with E-state index in [2.05, 4.69) is 10.4 Å². The molecule has 0 spiro atoms. The molecule has 3 N–H and O–H groups in total. The lowest BCUT2D eigenvalue weighted by molar-refractivity contribution is 0.100. The Morgan fingerprint density at radius 2 is 1.70 bits per heavy atom. The van der Waals surface area contributed by atoms with Crippen molar-refractivity contribution < 1.29 is 9.59 Å². The second kappa shape index (κ2) is 7.79. The Morgan fingerprint density at radius 1 is 1.00 bits per heavy atom. The number of nitrogens with one attached hydrogen (secondary N) is 1. The van der Waals surface area contributed by atoms with Gasteiger partial charge in [-0.3, -0.25) is 9.59 Å². The molecule has 7 nitrogen and oxygen atoms in total. The van der Waals surface area contributed by atoms with Crippen LogP contribution in [0.4, 0.5) is 5.69 Å². The summed E-state index contributed by atoms with van der Waals surface area (Å²) in [5.41, 5.74) is 8.65. The van der Waals surface area contributed by atoms with E-state index in [1.165, 1.54) is 0 Å². The minimum absolute atomic E-state index is 0.0764. The number of nitrogens with zero attached hydrogens (tertiary/aromatic N) is 3. The first-order valence-corrected chi connectivity index (χ1v) is 9.59. The first kappa shape index (κ1) is 19.3. The maximum absolute atomic E-state index is 13.2. The molecule has 0 fully saturated rings. The second-order valence-corrected chi connectivity index (χ2v) is 7.21. The highest BCUT2D eigenvalue weighted by Crippen LogP contribution is 2.27. The smallest absolute Gasteiger partial charge is 0.256 e. The largest absolute Gasteiger partial charge is 0.366 e. The maximum atomic E-state index is 13.2. The Hall–Kier alpha value is -4.00. The van der Waals surface area contributed by atoms with E-state index in [4.69, 9.17) is 10.7 Å². The predicted molar refractivity (Wildman–Crippen MR) is 116 cm³/mol. The van der Waals surface area contributed by atoms with Crippen molar-refractivity contribution in [2.45, 2.75) is 19.9 Å². The number of amides is 2. The number of aromatic nitrogens is 3. The molecule has 7 heteroatoms. The van der Waals surface area contributed by atoms with Gasteiger partial charge in [0, 0.05) is 11.6 Å². The van der Waals surface area contributed by atoms with Crippen LogP contribution in [0.5, 0.6) is 0 Å². The number of rotatable bonds is 5. The molecule has 0 unspecified atom stereocenters. The zero-order valence-corrected chi connectivity index (χ0v) is 16.7. The van der Waals surface area contributed by atoms with Gasteiger partial charge in [0.15, 0.2) is 5.65 Å². The summed E-state index contributed by atoms with van der Waals surface area (Å²) in [4.78, 5) is 29.7. The summed E-state index contributed by atoms with van der Waals surface area (Å²) in [6.07, 6.45) is 1.64. The Labute approximate surface area is 173 Å².